The molecule has 5 heteroatoms. The van der Waals surface area contributed by atoms with Crippen LogP contribution in [0, 0.1) is 5.82 Å². The number of piperidine rings is 1. The van der Waals surface area contributed by atoms with Crippen LogP contribution in [0.25, 0.3) is 0 Å². The Kier molecular flexibility index (Phi) is 4.64. The third kappa shape index (κ3) is 3.18. The highest BCUT2D eigenvalue weighted by molar-refractivity contribution is 5.75. The van der Waals surface area contributed by atoms with E-state index in [0.29, 0.717) is 25.9 Å². The molecule has 0 aromatic heterocycles. The average Bonchev–Trinajstić information content (AvgIpc) is 2.59. The second kappa shape index (κ2) is 6.71. The molecule has 2 N–H and O–H groups in total. The number of likely N-dealkylation sites (tertiary alicyclic amines) is 1. The maximum absolute atomic E-state index is 14.0. The Hall–Kier alpha value is -2.24. The molecule has 0 radical (unpaired) electrons. The molecule has 0 unspecified atom stereocenters. The van der Waals surface area contributed by atoms with Gasteiger partial charge in [-0.05, 0) is 24.5 Å². The number of benzene rings is 2. The number of nitrogens with zero attached hydrogens (tertiary/aromatic N) is 1. The molecule has 24 heavy (non-hydrogen) atoms. The molecule has 2 aromatic rings. The predicted octanol–water partition coefficient (Wildman–Crippen LogP) is 2.94. The molecule has 1 fully saturated rings. The zero-order valence-corrected chi connectivity index (χ0v) is 13.2. The molecule has 3 rings (SSSR count). The van der Waals surface area contributed by atoms with Crippen molar-refractivity contribution >= 4 is 5.97 Å². The van der Waals surface area contributed by atoms with Gasteiger partial charge in [0.05, 0.1) is 5.60 Å². The van der Waals surface area contributed by atoms with Gasteiger partial charge in [0.1, 0.15) is 11.9 Å². The fourth-order valence-corrected chi connectivity index (χ4v) is 3.37. The minimum Gasteiger partial charge on any atom is -0.480 e. The maximum Gasteiger partial charge on any atom is 0.325 e. The average molecular weight is 329 g/mol. The number of rotatable bonds is 4. The maximum atomic E-state index is 14.0. The molecule has 0 amide bonds. The summed E-state index contributed by atoms with van der Waals surface area (Å²) in [7, 11) is 0. The molecule has 0 bridgehead atoms. The van der Waals surface area contributed by atoms with E-state index < -0.39 is 23.4 Å². The highest BCUT2D eigenvalue weighted by Crippen LogP contribution is 2.36. The second-order valence-corrected chi connectivity index (χ2v) is 6.20. The summed E-state index contributed by atoms with van der Waals surface area (Å²) >= 11 is 0. The van der Waals surface area contributed by atoms with E-state index in [4.69, 9.17) is 0 Å². The van der Waals surface area contributed by atoms with Crippen molar-refractivity contribution in [2.75, 3.05) is 13.1 Å². The summed E-state index contributed by atoms with van der Waals surface area (Å²) in [5.74, 6) is -1.60. The third-order valence-corrected chi connectivity index (χ3v) is 4.74. The molecule has 1 saturated heterocycles. The van der Waals surface area contributed by atoms with Crippen LogP contribution in [-0.2, 0) is 10.4 Å². The first-order valence-corrected chi connectivity index (χ1v) is 8.00. The molecule has 0 aliphatic carbocycles. The molecule has 1 heterocycles. The van der Waals surface area contributed by atoms with E-state index in [9.17, 15) is 19.4 Å². The minimum atomic E-state index is -1.08. The number of aliphatic hydroxyl groups is 1. The number of carbonyl (C=O) groups is 1. The number of hydrogen-bond acceptors (Lipinski definition) is 3. The molecular weight excluding hydrogens is 309 g/mol. The van der Waals surface area contributed by atoms with Crippen molar-refractivity contribution in [2.24, 2.45) is 0 Å². The third-order valence-electron chi connectivity index (χ3n) is 4.74. The Morgan fingerprint density at radius 1 is 1.04 bits per heavy atom. The van der Waals surface area contributed by atoms with E-state index in [1.807, 2.05) is 30.3 Å². The first kappa shape index (κ1) is 16.6. The highest BCUT2D eigenvalue weighted by atomic mass is 19.1. The molecule has 0 saturated carbocycles. The van der Waals surface area contributed by atoms with Crippen molar-refractivity contribution < 1.29 is 19.4 Å². The summed E-state index contributed by atoms with van der Waals surface area (Å²) in [4.78, 5) is 13.4. The van der Waals surface area contributed by atoms with Crippen molar-refractivity contribution in [1.29, 1.82) is 0 Å². The Bertz CT molecular complexity index is 712. The van der Waals surface area contributed by atoms with Gasteiger partial charge in [-0.15, -0.1) is 0 Å². The van der Waals surface area contributed by atoms with Gasteiger partial charge in [-0.25, -0.2) is 4.39 Å². The van der Waals surface area contributed by atoms with Crippen LogP contribution in [0.15, 0.2) is 54.6 Å². The summed E-state index contributed by atoms with van der Waals surface area (Å²) < 4.78 is 14.0. The van der Waals surface area contributed by atoms with Crippen LogP contribution in [0.1, 0.15) is 30.0 Å². The van der Waals surface area contributed by atoms with Crippen molar-refractivity contribution in [2.45, 2.75) is 24.5 Å². The smallest absolute Gasteiger partial charge is 0.325 e. The summed E-state index contributed by atoms with van der Waals surface area (Å²) in [5, 5.41) is 20.4. The van der Waals surface area contributed by atoms with Crippen LogP contribution in [0.3, 0.4) is 0 Å². The number of carboxylic acid groups (broad SMARTS) is 1. The van der Waals surface area contributed by atoms with E-state index in [0.717, 1.165) is 5.56 Å². The van der Waals surface area contributed by atoms with E-state index in [2.05, 4.69) is 0 Å². The summed E-state index contributed by atoms with van der Waals surface area (Å²) in [6, 6.07) is 14.3. The number of halogens is 1. The minimum absolute atomic E-state index is 0.162. The Morgan fingerprint density at radius 3 is 2.21 bits per heavy atom. The molecule has 0 spiro atoms. The molecule has 1 aliphatic rings. The van der Waals surface area contributed by atoms with Crippen LogP contribution < -0.4 is 0 Å². The molecule has 4 nitrogen and oxygen atoms in total. The van der Waals surface area contributed by atoms with Gasteiger partial charge in [0.25, 0.3) is 0 Å². The standard InChI is InChI=1S/C19H20FNO3/c20-16-9-5-4-8-15(16)17(18(22)23)21-12-10-19(24,11-13-21)14-6-2-1-3-7-14/h1-9,17,24H,10-13H2,(H,22,23)/t17-/m1/s1. The Morgan fingerprint density at radius 2 is 1.62 bits per heavy atom. The Balaban J connectivity index is 1.80. The van der Waals surface area contributed by atoms with Gasteiger partial charge in [-0.1, -0.05) is 48.5 Å². The lowest BCUT2D eigenvalue weighted by molar-refractivity contribution is -0.146. The van der Waals surface area contributed by atoms with Crippen LogP contribution in [-0.4, -0.2) is 34.2 Å². The van der Waals surface area contributed by atoms with Gasteiger partial charge in [-0.2, -0.15) is 0 Å². The summed E-state index contributed by atoms with van der Waals surface area (Å²) in [6.45, 7) is 0.771. The lowest BCUT2D eigenvalue weighted by Gasteiger charge is -2.40. The topological polar surface area (TPSA) is 60.8 Å². The first-order chi connectivity index (χ1) is 11.5. The van der Waals surface area contributed by atoms with E-state index >= 15 is 0 Å². The first-order valence-electron chi connectivity index (χ1n) is 8.00. The molecule has 1 aliphatic heterocycles. The van der Waals surface area contributed by atoms with Gasteiger partial charge in [0.2, 0.25) is 0 Å². The van der Waals surface area contributed by atoms with E-state index in [1.165, 1.54) is 12.1 Å². The summed E-state index contributed by atoms with van der Waals surface area (Å²) in [6.07, 6.45) is 0.824. The molecule has 1 atom stereocenters. The number of aliphatic carboxylic acids is 1. The van der Waals surface area contributed by atoms with Gasteiger partial charge in [0.15, 0.2) is 0 Å². The van der Waals surface area contributed by atoms with Crippen molar-refractivity contribution in [3.63, 3.8) is 0 Å². The van der Waals surface area contributed by atoms with Crippen LogP contribution in [0.2, 0.25) is 0 Å². The van der Waals surface area contributed by atoms with Gasteiger partial charge >= 0.3 is 5.97 Å². The van der Waals surface area contributed by atoms with Crippen molar-refractivity contribution in [3.8, 4) is 0 Å². The largest absolute Gasteiger partial charge is 0.480 e. The highest BCUT2D eigenvalue weighted by Gasteiger charge is 2.38. The van der Waals surface area contributed by atoms with Crippen LogP contribution in [0.5, 0.6) is 0 Å². The summed E-state index contributed by atoms with van der Waals surface area (Å²) in [5.41, 5.74) is 0.0355. The van der Waals surface area contributed by atoms with Gasteiger partial charge < -0.3 is 10.2 Å². The van der Waals surface area contributed by atoms with E-state index in [1.54, 1.807) is 17.0 Å². The van der Waals surface area contributed by atoms with Crippen LogP contribution in [0.4, 0.5) is 4.39 Å². The van der Waals surface area contributed by atoms with Crippen molar-refractivity contribution in [1.82, 2.24) is 4.90 Å². The zero-order valence-electron chi connectivity index (χ0n) is 13.2. The quantitative estimate of drug-likeness (QED) is 0.905. The van der Waals surface area contributed by atoms with Gasteiger partial charge in [0, 0.05) is 18.7 Å². The molecule has 2 aromatic carbocycles. The number of hydrogen-bond donors (Lipinski definition) is 2. The SMILES string of the molecule is O=C(O)[C@@H](c1ccccc1F)N1CCC(O)(c2ccccc2)CC1. The predicted molar refractivity (Wildman–Crippen MR) is 87.9 cm³/mol. The fraction of sp³-hybridized carbons (Fsp3) is 0.316. The lowest BCUT2D eigenvalue weighted by Crippen LogP contribution is -2.46. The monoisotopic (exact) mass is 329 g/mol. The lowest BCUT2D eigenvalue weighted by atomic mass is 9.83. The molecule has 126 valence electrons. The Labute approximate surface area is 140 Å². The normalized spacial score (nSPS) is 18.9. The van der Waals surface area contributed by atoms with Gasteiger partial charge in [-0.3, -0.25) is 9.69 Å². The number of carboxylic acids is 1. The zero-order chi connectivity index (χ0) is 17.2. The molecular formula is C19H20FNO3. The van der Waals surface area contributed by atoms with Crippen molar-refractivity contribution in [3.05, 3.63) is 71.5 Å². The second-order valence-electron chi connectivity index (χ2n) is 6.20. The van der Waals surface area contributed by atoms with Crippen LogP contribution >= 0.6 is 0 Å². The fourth-order valence-electron chi connectivity index (χ4n) is 3.37. The van der Waals surface area contributed by atoms with E-state index in [-0.39, 0.29) is 5.56 Å².